The number of fused-ring (bicyclic) bond motifs is 1. The van der Waals surface area contributed by atoms with Crippen LogP contribution in [0.25, 0.3) is 0 Å². The van der Waals surface area contributed by atoms with Crippen molar-refractivity contribution in [3.05, 3.63) is 53.6 Å². The van der Waals surface area contributed by atoms with E-state index in [1.807, 2.05) is 49.4 Å². The summed E-state index contributed by atoms with van der Waals surface area (Å²) in [6.07, 6.45) is 0.716. The number of para-hydroxylation sites is 1. The highest BCUT2D eigenvalue weighted by Gasteiger charge is 2.22. The van der Waals surface area contributed by atoms with Crippen molar-refractivity contribution in [1.82, 2.24) is 5.32 Å². The van der Waals surface area contributed by atoms with Crippen molar-refractivity contribution in [3.63, 3.8) is 0 Å². The normalized spacial score (nSPS) is 16.0. The quantitative estimate of drug-likeness (QED) is 0.915. The molecule has 1 heterocycles. The molecule has 0 bridgehead atoms. The second-order valence-corrected chi connectivity index (χ2v) is 5.60. The first-order chi connectivity index (χ1) is 11.2. The number of carbonyl (C=O) groups excluding carboxylic acids is 1. The van der Waals surface area contributed by atoms with Crippen LogP contribution < -0.4 is 20.1 Å². The summed E-state index contributed by atoms with van der Waals surface area (Å²) in [6, 6.07) is 13.1. The Balaban J connectivity index is 1.63. The van der Waals surface area contributed by atoms with Crippen molar-refractivity contribution in [2.45, 2.75) is 19.4 Å². The Bertz CT molecular complexity index is 715. The highest BCUT2D eigenvalue weighted by Crippen LogP contribution is 2.28. The first-order valence-electron chi connectivity index (χ1n) is 7.58. The Morgan fingerprint density at radius 2 is 2.09 bits per heavy atom. The van der Waals surface area contributed by atoms with E-state index in [0.717, 1.165) is 28.3 Å². The molecular formula is C18H20N2O3. The van der Waals surface area contributed by atoms with Gasteiger partial charge in [0, 0.05) is 5.69 Å². The number of hydrogen-bond donors (Lipinski definition) is 2. The van der Waals surface area contributed by atoms with Gasteiger partial charge in [0.05, 0.1) is 13.2 Å². The number of benzene rings is 2. The lowest BCUT2D eigenvalue weighted by molar-refractivity contribution is 0.222. The summed E-state index contributed by atoms with van der Waals surface area (Å²) >= 11 is 0. The summed E-state index contributed by atoms with van der Waals surface area (Å²) in [5.74, 6) is 1.64. The van der Waals surface area contributed by atoms with Crippen LogP contribution in [-0.4, -0.2) is 25.8 Å². The van der Waals surface area contributed by atoms with E-state index in [9.17, 15) is 4.79 Å². The van der Waals surface area contributed by atoms with Gasteiger partial charge in [0.2, 0.25) is 0 Å². The number of hydrogen-bond acceptors (Lipinski definition) is 3. The molecule has 2 aromatic rings. The summed E-state index contributed by atoms with van der Waals surface area (Å²) in [6.45, 7) is 2.42. The minimum absolute atomic E-state index is 0.0707. The van der Waals surface area contributed by atoms with Crippen LogP contribution >= 0.6 is 0 Å². The average molecular weight is 312 g/mol. The predicted octanol–water partition coefficient (Wildman–Crippen LogP) is 3.13. The number of aryl methyl sites for hydroxylation is 1. The van der Waals surface area contributed by atoms with Crippen LogP contribution in [0.3, 0.4) is 0 Å². The summed E-state index contributed by atoms with van der Waals surface area (Å²) in [5.41, 5.74) is 2.87. The topological polar surface area (TPSA) is 59.6 Å². The van der Waals surface area contributed by atoms with E-state index >= 15 is 0 Å². The fourth-order valence-corrected chi connectivity index (χ4v) is 2.65. The lowest BCUT2D eigenvalue weighted by Gasteiger charge is -2.26. The predicted molar refractivity (Wildman–Crippen MR) is 89.3 cm³/mol. The zero-order chi connectivity index (χ0) is 16.2. The summed E-state index contributed by atoms with van der Waals surface area (Å²) in [7, 11) is 1.64. The Morgan fingerprint density at radius 3 is 2.87 bits per heavy atom. The molecule has 1 aliphatic rings. The molecule has 0 fully saturated rings. The van der Waals surface area contributed by atoms with Gasteiger partial charge in [0.25, 0.3) is 0 Å². The SMILES string of the molecule is COc1ccc2c(c1)C[C@H](NC(=O)Nc1ccccc1C)CO2. The van der Waals surface area contributed by atoms with Gasteiger partial charge in [0.15, 0.2) is 0 Å². The van der Waals surface area contributed by atoms with E-state index in [-0.39, 0.29) is 12.1 Å². The third-order valence-electron chi connectivity index (χ3n) is 3.90. The smallest absolute Gasteiger partial charge is 0.319 e. The molecule has 3 rings (SSSR count). The molecule has 1 aliphatic heterocycles. The van der Waals surface area contributed by atoms with E-state index in [0.29, 0.717) is 13.0 Å². The van der Waals surface area contributed by atoms with Gasteiger partial charge >= 0.3 is 6.03 Å². The van der Waals surface area contributed by atoms with Crippen LogP contribution in [0.4, 0.5) is 10.5 Å². The molecule has 120 valence electrons. The molecule has 5 heteroatoms. The zero-order valence-electron chi connectivity index (χ0n) is 13.3. The minimum Gasteiger partial charge on any atom is -0.497 e. The Kier molecular flexibility index (Phi) is 4.37. The van der Waals surface area contributed by atoms with E-state index in [4.69, 9.17) is 9.47 Å². The third kappa shape index (κ3) is 3.56. The highest BCUT2D eigenvalue weighted by molar-refractivity contribution is 5.90. The standard InChI is InChI=1S/C18H20N2O3/c1-12-5-3-4-6-16(12)20-18(21)19-14-9-13-10-15(22-2)7-8-17(13)23-11-14/h3-8,10,14H,9,11H2,1-2H3,(H2,19,20,21)/t14-/m0/s1. The zero-order valence-corrected chi connectivity index (χ0v) is 13.3. The fourth-order valence-electron chi connectivity index (χ4n) is 2.65. The Hall–Kier alpha value is -2.69. The lowest BCUT2D eigenvalue weighted by Crippen LogP contribution is -2.44. The molecule has 0 spiro atoms. The molecule has 23 heavy (non-hydrogen) atoms. The monoisotopic (exact) mass is 312 g/mol. The highest BCUT2D eigenvalue weighted by atomic mass is 16.5. The minimum atomic E-state index is -0.223. The number of anilines is 1. The molecule has 0 radical (unpaired) electrons. The van der Waals surface area contributed by atoms with E-state index in [2.05, 4.69) is 10.6 Å². The van der Waals surface area contributed by atoms with Crippen molar-refractivity contribution in [2.24, 2.45) is 0 Å². The van der Waals surface area contributed by atoms with Crippen molar-refractivity contribution in [3.8, 4) is 11.5 Å². The maximum atomic E-state index is 12.2. The van der Waals surface area contributed by atoms with E-state index in [1.54, 1.807) is 7.11 Å². The molecule has 2 N–H and O–H groups in total. The molecule has 0 saturated carbocycles. The van der Waals surface area contributed by atoms with Crippen LogP contribution in [-0.2, 0) is 6.42 Å². The van der Waals surface area contributed by atoms with Crippen molar-refractivity contribution >= 4 is 11.7 Å². The molecule has 5 nitrogen and oxygen atoms in total. The number of amides is 2. The lowest BCUT2D eigenvalue weighted by atomic mass is 10.0. The number of ether oxygens (including phenoxy) is 2. The van der Waals surface area contributed by atoms with Gasteiger partial charge in [-0.3, -0.25) is 0 Å². The first kappa shape index (κ1) is 15.2. The van der Waals surface area contributed by atoms with E-state index < -0.39 is 0 Å². The molecule has 0 aromatic heterocycles. The summed E-state index contributed by atoms with van der Waals surface area (Å²) in [5, 5.41) is 5.83. The van der Waals surface area contributed by atoms with Gasteiger partial charge in [0.1, 0.15) is 18.1 Å². The second kappa shape index (κ2) is 6.60. The van der Waals surface area contributed by atoms with Gasteiger partial charge in [-0.05, 0) is 48.7 Å². The molecule has 0 saturated heterocycles. The second-order valence-electron chi connectivity index (χ2n) is 5.60. The molecule has 2 amide bonds. The molecule has 1 atom stereocenters. The maximum Gasteiger partial charge on any atom is 0.319 e. The van der Waals surface area contributed by atoms with Crippen molar-refractivity contribution in [1.29, 1.82) is 0 Å². The first-order valence-corrected chi connectivity index (χ1v) is 7.58. The van der Waals surface area contributed by atoms with Gasteiger partial charge in [-0.1, -0.05) is 18.2 Å². The number of urea groups is 1. The Morgan fingerprint density at radius 1 is 1.26 bits per heavy atom. The van der Waals surface area contributed by atoms with Gasteiger partial charge in [-0.15, -0.1) is 0 Å². The van der Waals surface area contributed by atoms with Crippen LogP contribution in [0.2, 0.25) is 0 Å². The number of methoxy groups -OCH3 is 1. The van der Waals surface area contributed by atoms with E-state index in [1.165, 1.54) is 0 Å². The summed E-state index contributed by atoms with van der Waals surface area (Å²) < 4.78 is 10.9. The average Bonchev–Trinajstić information content (AvgIpc) is 2.56. The van der Waals surface area contributed by atoms with Crippen LogP contribution in [0.5, 0.6) is 11.5 Å². The summed E-state index contributed by atoms with van der Waals surface area (Å²) in [4.78, 5) is 12.2. The Labute approximate surface area is 135 Å². The molecule has 0 aliphatic carbocycles. The molecule has 0 unspecified atom stereocenters. The number of rotatable bonds is 3. The van der Waals surface area contributed by atoms with Gasteiger partial charge in [-0.25, -0.2) is 4.79 Å². The largest absolute Gasteiger partial charge is 0.497 e. The van der Waals surface area contributed by atoms with Crippen molar-refractivity contribution in [2.75, 3.05) is 19.0 Å². The maximum absolute atomic E-state index is 12.2. The van der Waals surface area contributed by atoms with Gasteiger partial charge in [-0.2, -0.15) is 0 Å². The third-order valence-corrected chi connectivity index (χ3v) is 3.90. The van der Waals surface area contributed by atoms with Gasteiger partial charge < -0.3 is 20.1 Å². The molecule has 2 aromatic carbocycles. The van der Waals surface area contributed by atoms with Crippen LogP contribution in [0, 0.1) is 6.92 Å². The molecular weight excluding hydrogens is 292 g/mol. The van der Waals surface area contributed by atoms with Crippen LogP contribution in [0.15, 0.2) is 42.5 Å². The van der Waals surface area contributed by atoms with Crippen molar-refractivity contribution < 1.29 is 14.3 Å². The van der Waals surface area contributed by atoms with Crippen LogP contribution in [0.1, 0.15) is 11.1 Å². The fraction of sp³-hybridized carbons (Fsp3) is 0.278. The number of nitrogens with one attached hydrogen (secondary N) is 2. The number of carbonyl (C=O) groups is 1.